The summed E-state index contributed by atoms with van der Waals surface area (Å²) < 4.78 is 2.08. The summed E-state index contributed by atoms with van der Waals surface area (Å²) in [5.41, 5.74) is 12.9. The molecule has 0 saturated carbocycles. The molecular formula is C17H14ClIN6O3S. The monoisotopic (exact) mass is 544 g/mol. The van der Waals surface area contributed by atoms with Crippen molar-refractivity contribution in [3.05, 3.63) is 68.4 Å². The number of benzene rings is 2. The van der Waals surface area contributed by atoms with Gasteiger partial charge in [-0.05, 0) is 29.3 Å². The summed E-state index contributed by atoms with van der Waals surface area (Å²) in [6, 6.07) is 10.0. The third-order valence-electron chi connectivity index (χ3n) is 3.93. The Hall–Kier alpha value is -2.38. The van der Waals surface area contributed by atoms with Crippen LogP contribution in [0.4, 0.5) is 11.5 Å². The maximum atomic E-state index is 11.3. The smallest absolute Gasteiger partial charge is 0.273 e. The number of halogens is 2. The number of aromatic nitrogens is 3. The van der Waals surface area contributed by atoms with Crippen LogP contribution >= 0.6 is 46.0 Å². The quantitative estimate of drug-likeness (QED) is 0.200. The molecule has 12 heteroatoms. The summed E-state index contributed by atoms with van der Waals surface area (Å²) in [6.07, 6.45) is 0. The predicted molar refractivity (Wildman–Crippen MR) is 118 cm³/mol. The number of nitrogens with two attached hydrogens (primary N) is 2. The predicted octanol–water partition coefficient (Wildman–Crippen LogP) is 3.66. The molecule has 0 spiro atoms. The number of carbonyl (C=O) groups is 1. The molecule has 0 atom stereocenters. The van der Waals surface area contributed by atoms with E-state index < -0.39 is 10.8 Å². The van der Waals surface area contributed by atoms with E-state index in [0.29, 0.717) is 9.45 Å². The van der Waals surface area contributed by atoms with Gasteiger partial charge in [0.1, 0.15) is 0 Å². The first-order valence-corrected chi connectivity index (χ1v) is 10.8. The van der Waals surface area contributed by atoms with Gasteiger partial charge in [0, 0.05) is 26.4 Å². The zero-order valence-corrected chi connectivity index (χ0v) is 18.4. The van der Waals surface area contributed by atoms with Crippen LogP contribution in [0.1, 0.15) is 21.6 Å². The van der Waals surface area contributed by atoms with Gasteiger partial charge in [0.2, 0.25) is 0 Å². The topological polar surface area (TPSA) is 143 Å². The van der Waals surface area contributed by atoms with E-state index in [1.807, 2.05) is 6.07 Å². The van der Waals surface area contributed by atoms with Crippen molar-refractivity contribution in [2.45, 2.75) is 20.8 Å². The van der Waals surface area contributed by atoms with E-state index >= 15 is 0 Å². The number of alkyl halides is 1. The zero-order valence-electron chi connectivity index (χ0n) is 14.7. The molecule has 3 rings (SSSR count). The molecule has 0 aliphatic rings. The van der Waals surface area contributed by atoms with Crippen molar-refractivity contribution in [3.8, 4) is 0 Å². The van der Waals surface area contributed by atoms with E-state index in [2.05, 4.69) is 32.9 Å². The molecule has 3 aromatic rings. The van der Waals surface area contributed by atoms with E-state index in [1.165, 1.54) is 28.6 Å². The normalized spacial score (nSPS) is 10.8. The highest BCUT2D eigenvalue weighted by Crippen LogP contribution is 2.38. The number of nitro benzene ring substituents is 1. The summed E-state index contributed by atoms with van der Waals surface area (Å²) in [4.78, 5) is 23.4. The minimum absolute atomic E-state index is 0.0330. The van der Waals surface area contributed by atoms with Gasteiger partial charge < -0.3 is 11.5 Å². The highest BCUT2D eigenvalue weighted by atomic mass is 127. The van der Waals surface area contributed by atoms with Crippen molar-refractivity contribution in [2.75, 3.05) is 5.73 Å². The minimum atomic E-state index is -0.741. The number of nitro groups is 1. The van der Waals surface area contributed by atoms with E-state index in [1.54, 1.807) is 18.2 Å². The molecule has 0 aliphatic heterocycles. The molecule has 1 heterocycles. The van der Waals surface area contributed by atoms with Gasteiger partial charge in [-0.25, -0.2) is 4.68 Å². The number of primary amides is 1. The third kappa shape index (κ3) is 4.79. The fraction of sp³-hybridized carbons (Fsp3) is 0.118. The lowest BCUT2D eigenvalue weighted by Crippen LogP contribution is -2.15. The van der Waals surface area contributed by atoms with Gasteiger partial charge >= 0.3 is 0 Å². The molecule has 1 amide bonds. The summed E-state index contributed by atoms with van der Waals surface area (Å²) >= 11 is 10.2. The van der Waals surface area contributed by atoms with Crippen molar-refractivity contribution in [2.24, 2.45) is 5.73 Å². The molecule has 29 heavy (non-hydrogen) atoms. The van der Waals surface area contributed by atoms with Crippen molar-refractivity contribution in [1.82, 2.24) is 15.0 Å². The Morgan fingerprint density at radius 1 is 1.31 bits per heavy atom. The Balaban J connectivity index is 1.87. The second kappa shape index (κ2) is 8.97. The molecular weight excluding hydrogens is 531 g/mol. The van der Waals surface area contributed by atoms with E-state index in [9.17, 15) is 14.9 Å². The summed E-state index contributed by atoms with van der Waals surface area (Å²) in [6.45, 7) is 0.276. The minimum Gasteiger partial charge on any atom is -0.382 e. The Bertz CT molecular complexity index is 1090. The zero-order chi connectivity index (χ0) is 21.1. The molecule has 9 nitrogen and oxygen atoms in total. The van der Waals surface area contributed by atoms with Crippen LogP contribution in [-0.4, -0.2) is 25.8 Å². The molecule has 1 aromatic heterocycles. The van der Waals surface area contributed by atoms with Crippen molar-refractivity contribution >= 4 is 63.4 Å². The fourth-order valence-corrected chi connectivity index (χ4v) is 4.72. The van der Waals surface area contributed by atoms with Crippen molar-refractivity contribution < 1.29 is 9.72 Å². The first kappa shape index (κ1) is 21.3. The van der Waals surface area contributed by atoms with Crippen LogP contribution in [0.2, 0.25) is 5.02 Å². The Morgan fingerprint density at radius 3 is 2.55 bits per heavy atom. The van der Waals surface area contributed by atoms with Crippen LogP contribution in [0.5, 0.6) is 0 Å². The molecule has 0 unspecified atom stereocenters. The van der Waals surface area contributed by atoms with Crippen molar-refractivity contribution in [1.29, 1.82) is 0 Å². The molecule has 0 fully saturated rings. The largest absolute Gasteiger partial charge is 0.382 e. The van der Waals surface area contributed by atoms with Crippen LogP contribution in [0, 0.1) is 10.1 Å². The molecule has 0 saturated heterocycles. The molecule has 0 aliphatic carbocycles. The van der Waals surface area contributed by atoms with Gasteiger partial charge in [-0.2, -0.15) is 0 Å². The fourth-order valence-electron chi connectivity index (χ4n) is 2.56. The second-order valence-electron chi connectivity index (χ2n) is 5.90. The number of rotatable bonds is 7. The lowest BCUT2D eigenvalue weighted by molar-refractivity contribution is -0.384. The van der Waals surface area contributed by atoms with Crippen LogP contribution in [0.3, 0.4) is 0 Å². The summed E-state index contributed by atoms with van der Waals surface area (Å²) in [7, 11) is 0. The van der Waals surface area contributed by atoms with Gasteiger partial charge in [-0.3, -0.25) is 14.9 Å². The lowest BCUT2D eigenvalue weighted by atomic mass is 10.1. The van der Waals surface area contributed by atoms with Gasteiger partial charge in [0.25, 0.3) is 11.6 Å². The standard InChI is InChI=1S/C17H14ClIN6O3S/c18-13-6-9(8-24-16(20)14(17(21)26)22-23-24)5-10(7-19)15(13)29-12-3-1-11(2-4-12)25(27)28/h1-6H,7-8,20H2,(H2,21,26). The van der Waals surface area contributed by atoms with E-state index in [0.717, 1.165) is 20.9 Å². The summed E-state index contributed by atoms with van der Waals surface area (Å²) in [5, 5.41) is 18.9. The highest BCUT2D eigenvalue weighted by molar-refractivity contribution is 14.1. The SMILES string of the molecule is NC(=O)c1nnn(Cc2cc(Cl)c(Sc3ccc([N+](=O)[O-])cc3)c(CI)c2)c1N. The van der Waals surface area contributed by atoms with Gasteiger partial charge in [-0.1, -0.05) is 57.2 Å². The van der Waals surface area contributed by atoms with Crippen molar-refractivity contribution in [3.63, 3.8) is 0 Å². The summed E-state index contributed by atoms with van der Waals surface area (Å²) in [5.74, 6) is -0.649. The number of non-ortho nitro benzene ring substituents is 1. The van der Waals surface area contributed by atoms with Gasteiger partial charge in [-0.15, -0.1) is 5.10 Å². The van der Waals surface area contributed by atoms with Gasteiger partial charge in [0.05, 0.1) is 16.5 Å². The van der Waals surface area contributed by atoms with E-state index in [-0.39, 0.29) is 23.7 Å². The number of hydrogen-bond donors (Lipinski definition) is 2. The number of amides is 1. The molecule has 4 N–H and O–H groups in total. The van der Waals surface area contributed by atoms with E-state index in [4.69, 9.17) is 23.1 Å². The van der Waals surface area contributed by atoms with Gasteiger partial charge in [0.15, 0.2) is 11.5 Å². The van der Waals surface area contributed by atoms with Crippen LogP contribution < -0.4 is 11.5 Å². The number of nitrogen functional groups attached to an aromatic ring is 1. The number of hydrogen-bond acceptors (Lipinski definition) is 7. The highest BCUT2D eigenvalue weighted by Gasteiger charge is 2.17. The maximum absolute atomic E-state index is 11.3. The Morgan fingerprint density at radius 2 is 2.00 bits per heavy atom. The molecule has 0 bridgehead atoms. The molecule has 150 valence electrons. The van der Waals surface area contributed by atoms with Crippen LogP contribution in [-0.2, 0) is 11.0 Å². The van der Waals surface area contributed by atoms with Crippen LogP contribution in [0.25, 0.3) is 0 Å². The first-order valence-electron chi connectivity index (χ1n) is 8.08. The average molecular weight is 545 g/mol. The molecule has 0 radical (unpaired) electrons. The van der Waals surface area contributed by atoms with Crippen LogP contribution in [0.15, 0.2) is 46.2 Å². The average Bonchev–Trinajstić information content (AvgIpc) is 3.04. The third-order valence-corrected chi connectivity index (χ3v) is 6.36. The molecule has 2 aromatic carbocycles. The number of carbonyl (C=O) groups excluding carboxylic acids is 1. The lowest BCUT2D eigenvalue weighted by Gasteiger charge is -2.13. The number of nitrogens with zero attached hydrogens (tertiary/aromatic N) is 4. The second-order valence-corrected chi connectivity index (χ2v) is 8.15. The number of anilines is 1. The Labute approximate surface area is 188 Å². The Kier molecular flexibility index (Phi) is 6.59. The first-order chi connectivity index (χ1) is 13.8. The maximum Gasteiger partial charge on any atom is 0.273 e.